The van der Waals surface area contributed by atoms with E-state index < -0.39 is 0 Å². The molecule has 2 aliphatic heterocycles. The molecule has 4 aromatic carbocycles. The Hall–Kier alpha value is -3.95. The minimum absolute atomic E-state index is 0.231. The van der Waals surface area contributed by atoms with E-state index in [2.05, 4.69) is 145 Å². The van der Waals surface area contributed by atoms with Gasteiger partial charge in [-0.1, -0.05) is 136 Å². The Labute approximate surface area is 246 Å². The van der Waals surface area contributed by atoms with Crippen molar-refractivity contribution in [2.75, 3.05) is 22.7 Å². The summed E-state index contributed by atoms with van der Waals surface area (Å²) in [6.07, 6.45) is 9.15. The van der Waals surface area contributed by atoms with Crippen molar-refractivity contribution in [2.24, 2.45) is 0 Å². The molecule has 6 rings (SSSR count). The Morgan fingerprint density at radius 1 is 0.512 bits per heavy atom. The Kier molecular flexibility index (Phi) is 8.44. The van der Waals surface area contributed by atoms with Gasteiger partial charge in [-0.05, 0) is 58.2 Å². The highest BCUT2D eigenvalue weighted by Gasteiger charge is 2.43. The van der Waals surface area contributed by atoms with Gasteiger partial charge in [0, 0.05) is 24.5 Å². The zero-order chi connectivity index (χ0) is 28.0. The van der Waals surface area contributed by atoms with Crippen molar-refractivity contribution in [1.82, 2.24) is 0 Å². The fraction of sp³-hybridized carbons (Fsp3) is 0.222. The van der Waals surface area contributed by atoms with Gasteiger partial charge in [0.1, 0.15) is 0 Å². The van der Waals surface area contributed by atoms with E-state index >= 15 is 0 Å². The Morgan fingerprint density at radius 3 is 1.32 bits per heavy atom. The van der Waals surface area contributed by atoms with E-state index in [1.165, 1.54) is 44.6 Å². The van der Waals surface area contributed by atoms with Crippen LogP contribution in [0.1, 0.15) is 61.8 Å². The van der Waals surface area contributed by atoms with Crippen LogP contribution in [-0.4, -0.2) is 27.2 Å². The molecular weight excluding hydrogens is 498 g/mol. The summed E-state index contributed by atoms with van der Waals surface area (Å²) in [5.74, 6) is 0. The highest BCUT2D eigenvalue weighted by Crippen LogP contribution is 2.40. The van der Waals surface area contributed by atoms with Crippen LogP contribution >= 0.6 is 0 Å². The van der Waals surface area contributed by atoms with Crippen LogP contribution in [0.15, 0.2) is 109 Å². The van der Waals surface area contributed by atoms with E-state index in [0.29, 0.717) is 0 Å². The first-order chi connectivity index (χ1) is 20.3. The standard InChI is InChI=1S/C36H38B2N2O/c1-3-5-25-39-35-23-15-13-21-31(35)27-33(29-17-9-7-10-18-29)37(39)41-38-34(30-19-11-8-12-20-30)28-32-22-14-16-24-36(32)40(38)26-6-4-2/h7-24,27-28H,3-6,25-26H2,1-2H3. The highest BCUT2D eigenvalue weighted by atomic mass is 16.4. The molecule has 0 N–H and O–H groups in total. The number of unbranched alkanes of at least 4 members (excludes halogenated alkanes) is 2. The summed E-state index contributed by atoms with van der Waals surface area (Å²) in [6.45, 7) is 6.40. The zero-order valence-electron chi connectivity index (χ0n) is 24.2. The molecule has 2 heterocycles. The van der Waals surface area contributed by atoms with Crippen LogP contribution in [0.3, 0.4) is 0 Å². The van der Waals surface area contributed by atoms with E-state index in [0.717, 1.165) is 38.8 Å². The van der Waals surface area contributed by atoms with Crippen molar-refractivity contribution in [2.45, 2.75) is 39.5 Å². The monoisotopic (exact) mass is 536 g/mol. The van der Waals surface area contributed by atoms with Crippen molar-refractivity contribution >= 4 is 48.6 Å². The summed E-state index contributed by atoms with van der Waals surface area (Å²) < 4.78 is 7.51. The number of nitrogens with zero attached hydrogens (tertiary/aromatic N) is 2. The minimum atomic E-state index is -0.231. The van der Waals surface area contributed by atoms with Crippen LogP contribution in [-0.2, 0) is 4.57 Å². The molecular formula is C36H38B2N2O. The van der Waals surface area contributed by atoms with Gasteiger partial charge in [-0.2, -0.15) is 0 Å². The van der Waals surface area contributed by atoms with Crippen LogP contribution in [0.5, 0.6) is 0 Å². The van der Waals surface area contributed by atoms with Gasteiger partial charge in [0.25, 0.3) is 0 Å². The molecule has 0 spiro atoms. The fourth-order valence-electron chi connectivity index (χ4n) is 6.07. The SMILES string of the molecule is CCCCN1B(OB2C(c3ccccc3)=Cc3ccccc3N2CCCC)C(c2ccccc2)=Cc2ccccc21. The molecule has 0 unspecified atom stereocenters. The molecule has 204 valence electrons. The summed E-state index contributed by atoms with van der Waals surface area (Å²) >= 11 is 0. The molecule has 4 aromatic rings. The summed E-state index contributed by atoms with van der Waals surface area (Å²) in [6, 6.07) is 39.1. The maximum Gasteiger partial charge on any atom is 0.438 e. The number of para-hydroxylation sites is 2. The fourth-order valence-corrected chi connectivity index (χ4v) is 6.07. The van der Waals surface area contributed by atoms with Crippen LogP contribution in [0.4, 0.5) is 11.4 Å². The number of benzene rings is 4. The van der Waals surface area contributed by atoms with Crippen molar-refractivity contribution in [1.29, 1.82) is 0 Å². The van der Waals surface area contributed by atoms with Crippen LogP contribution in [0.25, 0.3) is 23.1 Å². The number of hydrogen-bond donors (Lipinski definition) is 0. The third kappa shape index (κ3) is 5.64. The lowest BCUT2D eigenvalue weighted by molar-refractivity contribution is 0.583. The first-order valence-corrected chi connectivity index (χ1v) is 15.2. The molecule has 0 atom stereocenters. The summed E-state index contributed by atoms with van der Waals surface area (Å²) in [5.41, 5.74) is 9.81. The zero-order valence-corrected chi connectivity index (χ0v) is 24.2. The van der Waals surface area contributed by atoms with E-state index in [-0.39, 0.29) is 14.1 Å². The van der Waals surface area contributed by atoms with Crippen LogP contribution in [0.2, 0.25) is 0 Å². The molecule has 0 amide bonds. The molecule has 3 nitrogen and oxygen atoms in total. The second-order valence-corrected chi connectivity index (χ2v) is 11.0. The van der Waals surface area contributed by atoms with Crippen molar-refractivity contribution in [3.8, 4) is 0 Å². The molecule has 0 bridgehead atoms. The maximum atomic E-state index is 7.51. The number of hydrogen-bond acceptors (Lipinski definition) is 3. The molecule has 5 heteroatoms. The number of rotatable bonds is 10. The van der Waals surface area contributed by atoms with Gasteiger partial charge in [0.2, 0.25) is 0 Å². The predicted octanol–water partition coefficient (Wildman–Crippen LogP) is 8.78. The molecule has 0 saturated heterocycles. The number of fused-ring (bicyclic) bond motifs is 2. The molecule has 0 saturated carbocycles. The topological polar surface area (TPSA) is 15.7 Å². The molecule has 2 aliphatic rings. The van der Waals surface area contributed by atoms with E-state index in [9.17, 15) is 0 Å². The molecule has 0 aromatic heterocycles. The van der Waals surface area contributed by atoms with Crippen LogP contribution in [0, 0.1) is 0 Å². The third-order valence-electron chi connectivity index (χ3n) is 8.19. The van der Waals surface area contributed by atoms with E-state index in [1.54, 1.807) is 0 Å². The van der Waals surface area contributed by atoms with Crippen molar-refractivity contribution in [3.63, 3.8) is 0 Å². The van der Waals surface area contributed by atoms with Crippen LogP contribution < -0.4 is 9.62 Å². The summed E-state index contributed by atoms with van der Waals surface area (Å²) in [4.78, 5) is 5.00. The van der Waals surface area contributed by atoms with Gasteiger partial charge in [-0.15, -0.1) is 0 Å². The van der Waals surface area contributed by atoms with Gasteiger partial charge in [-0.25, -0.2) is 0 Å². The van der Waals surface area contributed by atoms with Gasteiger partial charge < -0.3 is 14.2 Å². The lowest BCUT2D eigenvalue weighted by Crippen LogP contribution is -2.55. The quantitative estimate of drug-likeness (QED) is 0.189. The number of anilines is 2. The van der Waals surface area contributed by atoms with Gasteiger partial charge in [-0.3, -0.25) is 0 Å². The Bertz CT molecular complexity index is 1400. The van der Waals surface area contributed by atoms with Gasteiger partial charge in [0.15, 0.2) is 0 Å². The largest absolute Gasteiger partial charge is 0.454 e. The van der Waals surface area contributed by atoms with Gasteiger partial charge >= 0.3 is 14.1 Å². The van der Waals surface area contributed by atoms with Crippen molar-refractivity contribution in [3.05, 3.63) is 131 Å². The second kappa shape index (κ2) is 12.7. The first kappa shape index (κ1) is 27.2. The average molecular weight is 536 g/mol. The third-order valence-corrected chi connectivity index (χ3v) is 8.19. The lowest BCUT2D eigenvalue weighted by atomic mass is 9.56. The van der Waals surface area contributed by atoms with Crippen molar-refractivity contribution < 1.29 is 4.57 Å². The minimum Gasteiger partial charge on any atom is -0.454 e. The van der Waals surface area contributed by atoms with Gasteiger partial charge in [0.05, 0.1) is 0 Å². The average Bonchev–Trinajstić information content (AvgIpc) is 3.04. The smallest absolute Gasteiger partial charge is 0.438 e. The summed E-state index contributed by atoms with van der Waals surface area (Å²) in [5, 5.41) is 0. The maximum absolute atomic E-state index is 7.51. The van der Waals surface area contributed by atoms with E-state index in [4.69, 9.17) is 4.57 Å². The van der Waals surface area contributed by atoms with E-state index in [1.807, 2.05) is 0 Å². The molecule has 0 aliphatic carbocycles. The summed E-state index contributed by atoms with van der Waals surface area (Å²) in [7, 11) is -0.462. The normalized spacial score (nSPS) is 14.4. The Balaban J connectivity index is 1.50. The molecule has 0 fully saturated rings. The second-order valence-electron chi connectivity index (χ2n) is 11.0. The molecule has 0 radical (unpaired) electrons. The Morgan fingerprint density at radius 2 is 0.902 bits per heavy atom. The highest BCUT2D eigenvalue weighted by molar-refractivity contribution is 6.90. The predicted molar refractivity (Wildman–Crippen MR) is 179 cm³/mol. The molecule has 41 heavy (non-hydrogen) atoms. The lowest BCUT2D eigenvalue weighted by Gasteiger charge is -2.42. The first-order valence-electron chi connectivity index (χ1n) is 15.2.